The number of aromatic hydroxyl groups is 1. The minimum absolute atomic E-state index is 0.163. The minimum atomic E-state index is -0.554. The summed E-state index contributed by atoms with van der Waals surface area (Å²) in [5.74, 6) is -0.0509. The monoisotopic (exact) mass is 231 g/mol. The number of pyridine rings is 1. The molecule has 2 aromatic rings. The van der Waals surface area contributed by atoms with Crippen LogP contribution in [0.3, 0.4) is 0 Å². The number of rotatable bonds is 3. The molecule has 0 aliphatic carbocycles. The fraction of sp³-hybridized carbons (Fsp3) is 0. The summed E-state index contributed by atoms with van der Waals surface area (Å²) in [6.45, 7) is 0. The van der Waals surface area contributed by atoms with Crippen LogP contribution in [-0.4, -0.2) is 15.0 Å². The van der Waals surface area contributed by atoms with Gasteiger partial charge in [-0.1, -0.05) is 0 Å². The highest BCUT2D eigenvalue weighted by atomic mass is 16.6. The molecule has 1 aromatic heterocycles. The van der Waals surface area contributed by atoms with Crippen molar-refractivity contribution in [3.8, 4) is 5.75 Å². The third kappa shape index (κ3) is 2.69. The second-order valence-electron chi connectivity index (χ2n) is 3.33. The van der Waals surface area contributed by atoms with E-state index in [9.17, 15) is 10.1 Å². The molecule has 2 rings (SSSR count). The van der Waals surface area contributed by atoms with Crippen molar-refractivity contribution in [1.29, 1.82) is 0 Å². The molecule has 0 saturated carbocycles. The van der Waals surface area contributed by atoms with E-state index in [1.54, 1.807) is 18.2 Å². The maximum Gasteiger partial charge on any atom is 0.365 e. The SMILES string of the molecule is O=[N+]([O-])c1cc(Nc2ccc(O)cc2)ccn1. The predicted molar refractivity (Wildman–Crippen MR) is 62.3 cm³/mol. The van der Waals surface area contributed by atoms with E-state index in [-0.39, 0.29) is 11.6 Å². The summed E-state index contributed by atoms with van der Waals surface area (Å²) in [5.41, 5.74) is 1.29. The van der Waals surface area contributed by atoms with Crippen LogP contribution in [0, 0.1) is 10.1 Å². The Morgan fingerprint density at radius 3 is 2.53 bits per heavy atom. The fourth-order valence-corrected chi connectivity index (χ4v) is 1.31. The molecule has 2 N–H and O–H groups in total. The molecule has 0 atom stereocenters. The zero-order valence-corrected chi connectivity index (χ0v) is 8.70. The normalized spacial score (nSPS) is 9.88. The molecule has 0 spiro atoms. The van der Waals surface area contributed by atoms with Gasteiger partial charge in [0.05, 0.1) is 11.8 Å². The number of nitro groups is 1. The lowest BCUT2D eigenvalue weighted by Crippen LogP contribution is -1.94. The summed E-state index contributed by atoms with van der Waals surface area (Å²) < 4.78 is 0. The van der Waals surface area contributed by atoms with Gasteiger partial charge >= 0.3 is 5.82 Å². The number of benzene rings is 1. The molecule has 0 saturated heterocycles. The van der Waals surface area contributed by atoms with Crippen LogP contribution in [0.1, 0.15) is 0 Å². The molecule has 0 aliphatic rings. The number of anilines is 2. The minimum Gasteiger partial charge on any atom is -0.508 e. The Morgan fingerprint density at radius 2 is 1.88 bits per heavy atom. The van der Waals surface area contributed by atoms with Crippen LogP contribution in [-0.2, 0) is 0 Å². The van der Waals surface area contributed by atoms with Gasteiger partial charge in [0.1, 0.15) is 11.9 Å². The molecule has 0 radical (unpaired) electrons. The Labute approximate surface area is 96.7 Å². The van der Waals surface area contributed by atoms with Crippen molar-refractivity contribution in [2.45, 2.75) is 0 Å². The van der Waals surface area contributed by atoms with E-state index in [2.05, 4.69) is 10.3 Å². The summed E-state index contributed by atoms with van der Waals surface area (Å²) in [6.07, 6.45) is 1.36. The van der Waals surface area contributed by atoms with Gasteiger partial charge in [-0.05, 0) is 34.2 Å². The Balaban J connectivity index is 2.21. The first-order valence-electron chi connectivity index (χ1n) is 4.81. The molecular formula is C11H9N3O3. The van der Waals surface area contributed by atoms with Crippen LogP contribution in [0.2, 0.25) is 0 Å². The van der Waals surface area contributed by atoms with Gasteiger partial charge < -0.3 is 20.5 Å². The maximum atomic E-state index is 10.5. The standard InChI is InChI=1S/C11H9N3O3/c15-10-3-1-8(2-4-10)13-9-5-6-12-11(7-9)14(16)17/h1-7,15H,(H,12,13). The average Bonchev–Trinajstić information content (AvgIpc) is 2.32. The average molecular weight is 231 g/mol. The van der Waals surface area contributed by atoms with Crippen LogP contribution in [0.4, 0.5) is 17.2 Å². The van der Waals surface area contributed by atoms with E-state index in [1.165, 1.54) is 24.4 Å². The van der Waals surface area contributed by atoms with Crippen LogP contribution in [0.25, 0.3) is 0 Å². The van der Waals surface area contributed by atoms with E-state index in [0.717, 1.165) is 5.69 Å². The molecule has 0 bridgehead atoms. The predicted octanol–water partition coefficient (Wildman–Crippen LogP) is 2.44. The highest BCUT2D eigenvalue weighted by Crippen LogP contribution is 2.21. The molecule has 0 amide bonds. The lowest BCUT2D eigenvalue weighted by molar-refractivity contribution is -0.389. The van der Waals surface area contributed by atoms with Gasteiger partial charge in [0.2, 0.25) is 0 Å². The highest BCUT2D eigenvalue weighted by molar-refractivity contribution is 5.61. The van der Waals surface area contributed by atoms with Crippen molar-refractivity contribution in [2.75, 3.05) is 5.32 Å². The quantitative estimate of drug-likeness (QED) is 0.481. The van der Waals surface area contributed by atoms with Crippen molar-refractivity contribution >= 4 is 17.2 Å². The molecule has 6 nitrogen and oxygen atoms in total. The summed E-state index contributed by atoms with van der Waals surface area (Å²) in [7, 11) is 0. The van der Waals surface area contributed by atoms with E-state index in [1.807, 2.05) is 0 Å². The lowest BCUT2D eigenvalue weighted by Gasteiger charge is -2.05. The Bertz CT molecular complexity index is 540. The van der Waals surface area contributed by atoms with Crippen molar-refractivity contribution in [2.24, 2.45) is 0 Å². The fourth-order valence-electron chi connectivity index (χ4n) is 1.31. The Morgan fingerprint density at radius 1 is 1.18 bits per heavy atom. The Kier molecular flexibility index (Phi) is 2.87. The molecule has 0 unspecified atom stereocenters. The van der Waals surface area contributed by atoms with E-state index >= 15 is 0 Å². The summed E-state index contributed by atoms with van der Waals surface area (Å²) >= 11 is 0. The third-order valence-corrected chi connectivity index (χ3v) is 2.09. The van der Waals surface area contributed by atoms with Crippen molar-refractivity contribution in [3.05, 3.63) is 52.7 Å². The molecule has 86 valence electrons. The van der Waals surface area contributed by atoms with E-state index in [0.29, 0.717) is 5.69 Å². The van der Waals surface area contributed by atoms with E-state index in [4.69, 9.17) is 5.11 Å². The first-order chi connectivity index (χ1) is 8.15. The highest BCUT2D eigenvalue weighted by Gasteiger charge is 2.07. The molecular weight excluding hydrogens is 222 g/mol. The number of hydrogen-bond acceptors (Lipinski definition) is 5. The molecule has 0 fully saturated rings. The van der Waals surface area contributed by atoms with Gasteiger partial charge in [0, 0.05) is 11.8 Å². The smallest absolute Gasteiger partial charge is 0.365 e. The summed E-state index contributed by atoms with van der Waals surface area (Å²) in [6, 6.07) is 9.35. The maximum absolute atomic E-state index is 10.5. The van der Waals surface area contributed by atoms with Gasteiger partial charge in [-0.3, -0.25) is 0 Å². The number of nitrogens with one attached hydrogen (secondary N) is 1. The Hall–Kier alpha value is -2.63. The molecule has 6 heteroatoms. The first-order valence-corrected chi connectivity index (χ1v) is 4.81. The van der Waals surface area contributed by atoms with Gasteiger partial charge in [-0.25, -0.2) is 0 Å². The van der Waals surface area contributed by atoms with Gasteiger partial charge in [0.25, 0.3) is 0 Å². The molecule has 1 aromatic carbocycles. The topological polar surface area (TPSA) is 88.3 Å². The van der Waals surface area contributed by atoms with Crippen LogP contribution in [0.15, 0.2) is 42.6 Å². The van der Waals surface area contributed by atoms with E-state index < -0.39 is 4.92 Å². The van der Waals surface area contributed by atoms with Gasteiger partial charge in [0.15, 0.2) is 0 Å². The van der Waals surface area contributed by atoms with Gasteiger partial charge in [-0.15, -0.1) is 0 Å². The lowest BCUT2D eigenvalue weighted by atomic mass is 10.3. The number of phenols is 1. The summed E-state index contributed by atoms with van der Waals surface area (Å²) in [4.78, 5) is 13.6. The van der Waals surface area contributed by atoms with Crippen molar-refractivity contribution in [3.63, 3.8) is 0 Å². The molecule has 1 heterocycles. The summed E-state index contributed by atoms with van der Waals surface area (Å²) in [5, 5.41) is 22.6. The molecule has 0 aliphatic heterocycles. The molecule has 17 heavy (non-hydrogen) atoms. The van der Waals surface area contributed by atoms with Crippen LogP contribution >= 0.6 is 0 Å². The van der Waals surface area contributed by atoms with Gasteiger partial charge in [-0.2, -0.15) is 0 Å². The number of hydrogen-bond donors (Lipinski definition) is 2. The zero-order valence-electron chi connectivity index (χ0n) is 8.70. The van der Waals surface area contributed by atoms with Crippen LogP contribution < -0.4 is 5.32 Å². The third-order valence-electron chi connectivity index (χ3n) is 2.09. The van der Waals surface area contributed by atoms with Crippen molar-refractivity contribution in [1.82, 2.24) is 4.98 Å². The van der Waals surface area contributed by atoms with Crippen LogP contribution in [0.5, 0.6) is 5.75 Å². The number of aromatic nitrogens is 1. The first kappa shape index (κ1) is 10.9. The number of phenolic OH excluding ortho intramolecular Hbond substituents is 1. The largest absolute Gasteiger partial charge is 0.508 e. The second-order valence-corrected chi connectivity index (χ2v) is 3.33. The second kappa shape index (κ2) is 4.48. The zero-order chi connectivity index (χ0) is 12.3. The number of nitrogens with zero attached hydrogens (tertiary/aromatic N) is 2. The van der Waals surface area contributed by atoms with Crippen molar-refractivity contribution < 1.29 is 10.0 Å².